The second-order valence-electron chi connectivity index (χ2n) is 5.53. The monoisotopic (exact) mass is 281 g/mol. The zero-order valence-corrected chi connectivity index (χ0v) is 12.7. The highest BCUT2D eigenvalue weighted by Gasteiger charge is 2.13. The van der Waals surface area contributed by atoms with Gasteiger partial charge >= 0.3 is 0 Å². The van der Waals surface area contributed by atoms with Gasteiger partial charge in [-0.15, -0.1) is 0 Å². The Bertz CT molecular complexity index is 398. The Morgan fingerprint density at radius 1 is 1.21 bits per heavy atom. The standard InChI is InChI=1S/C15H24ClN3/c1-12(2)17-11-14-13(16)7-8-15(18-14)19-9-5-3-4-6-10-19/h7-8,12,17H,3-6,9-11H2,1-2H3. The summed E-state index contributed by atoms with van der Waals surface area (Å²) in [4.78, 5) is 7.13. The number of pyridine rings is 1. The molecule has 0 aliphatic carbocycles. The van der Waals surface area contributed by atoms with E-state index >= 15 is 0 Å². The summed E-state index contributed by atoms with van der Waals surface area (Å²) in [5.74, 6) is 1.08. The van der Waals surface area contributed by atoms with Crippen LogP contribution in [-0.4, -0.2) is 24.1 Å². The predicted octanol–water partition coefficient (Wildman–Crippen LogP) is 3.61. The van der Waals surface area contributed by atoms with Crippen LogP contribution in [0.5, 0.6) is 0 Å². The van der Waals surface area contributed by atoms with Crippen molar-refractivity contribution in [2.45, 2.75) is 52.1 Å². The van der Waals surface area contributed by atoms with E-state index in [1.54, 1.807) is 0 Å². The fourth-order valence-electron chi connectivity index (χ4n) is 2.37. The van der Waals surface area contributed by atoms with Crippen molar-refractivity contribution in [2.75, 3.05) is 18.0 Å². The Morgan fingerprint density at radius 2 is 1.89 bits per heavy atom. The molecule has 106 valence electrons. The molecule has 1 N–H and O–H groups in total. The van der Waals surface area contributed by atoms with Crippen LogP contribution in [0.3, 0.4) is 0 Å². The maximum absolute atomic E-state index is 6.23. The Labute approximate surface area is 121 Å². The normalized spacial score (nSPS) is 16.7. The van der Waals surface area contributed by atoms with Crippen molar-refractivity contribution >= 4 is 17.4 Å². The zero-order valence-electron chi connectivity index (χ0n) is 12.0. The summed E-state index contributed by atoms with van der Waals surface area (Å²) in [6.07, 6.45) is 5.21. The maximum Gasteiger partial charge on any atom is 0.128 e. The molecule has 0 saturated carbocycles. The molecule has 1 aromatic heterocycles. The molecule has 0 aromatic carbocycles. The minimum absolute atomic E-state index is 0.444. The van der Waals surface area contributed by atoms with E-state index in [-0.39, 0.29) is 0 Å². The summed E-state index contributed by atoms with van der Waals surface area (Å²) in [6.45, 7) is 7.23. The van der Waals surface area contributed by atoms with Crippen LogP contribution in [0.4, 0.5) is 5.82 Å². The average molecular weight is 282 g/mol. The molecule has 2 heterocycles. The second-order valence-corrected chi connectivity index (χ2v) is 5.94. The number of rotatable bonds is 4. The third kappa shape index (κ3) is 4.36. The number of halogens is 1. The molecule has 1 aliphatic heterocycles. The molecule has 0 spiro atoms. The van der Waals surface area contributed by atoms with Crippen molar-refractivity contribution in [1.29, 1.82) is 0 Å². The molecule has 4 heteroatoms. The minimum Gasteiger partial charge on any atom is -0.357 e. The van der Waals surface area contributed by atoms with E-state index in [4.69, 9.17) is 16.6 Å². The van der Waals surface area contributed by atoms with Gasteiger partial charge in [0.2, 0.25) is 0 Å². The van der Waals surface area contributed by atoms with Gasteiger partial charge in [-0.2, -0.15) is 0 Å². The van der Waals surface area contributed by atoms with Gasteiger partial charge in [-0.1, -0.05) is 38.3 Å². The van der Waals surface area contributed by atoms with Gasteiger partial charge in [0.15, 0.2) is 0 Å². The number of aromatic nitrogens is 1. The van der Waals surface area contributed by atoms with Gasteiger partial charge in [-0.3, -0.25) is 0 Å². The molecule has 0 bridgehead atoms. The summed E-state index contributed by atoms with van der Waals surface area (Å²) >= 11 is 6.23. The first-order valence-electron chi connectivity index (χ1n) is 7.30. The molecule has 1 fully saturated rings. The van der Waals surface area contributed by atoms with E-state index in [1.807, 2.05) is 12.1 Å². The smallest absolute Gasteiger partial charge is 0.128 e. The lowest BCUT2D eigenvalue weighted by Gasteiger charge is -2.22. The Morgan fingerprint density at radius 3 is 2.53 bits per heavy atom. The molecule has 3 nitrogen and oxygen atoms in total. The number of nitrogens with zero attached hydrogens (tertiary/aromatic N) is 2. The SMILES string of the molecule is CC(C)NCc1nc(N2CCCCCC2)ccc1Cl. The van der Waals surface area contributed by atoms with Crippen LogP contribution in [0.1, 0.15) is 45.2 Å². The fourth-order valence-corrected chi connectivity index (χ4v) is 2.55. The third-order valence-electron chi connectivity index (χ3n) is 3.51. The molecule has 1 saturated heterocycles. The highest BCUT2D eigenvalue weighted by molar-refractivity contribution is 6.31. The van der Waals surface area contributed by atoms with Crippen LogP contribution < -0.4 is 10.2 Å². The molecule has 0 unspecified atom stereocenters. The van der Waals surface area contributed by atoms with Crippen molar-refractivity contribution in [2.24, 2.45) is 0 Å². The quantitative estimate of drug-likeness (QED) is 0.914. The first kappa shape index (κ1) is 14.6. The van der Waals surface area contributed by atoms with Crippen LogP contribution >= 0.6 is 11.6 Å². The zero-order chi connectivity index (χ0) is 13.7. The molecule has 19 heavy (non-hydrogen) atoms. The minimum atomic E-state index is 0.444. The van der Waals surface area contributed by atoms with E-state index in [9.17, 15) is 0 Å². The molecule has 0 atom stereocenters. The summed E-state index contributed by atoms with van der Waals surface area (Å²) < 4.78 is 0. The Hall–Kier alpha value is -0.800. The van der Waals surface area contributed by atoms with Crippen LogP contribution in [0.15, 0.2) is 12.1 Å². The highest BCUT2D eigenvalue weighted by atomic mass is 35.5. The number of hydrogen-bond acceptors (Lipinski definition) is 3. The highest BCUT2D eigenvalue weighted by Crippen LogP contribution is 2.22. The van der Waals surface area contributed by atoms with Crippen molar-refractivity contribution < 1.29 is 0 Å². The van der Waals surface area contributed by atoms with Gasteiger partial charge in [-0.25, -0.2) is 4.98 Å². The molecule has 0 radical (unpaired) electrons. The molecule has 0 amide bonds. The molecule has 2 rings (SSSR count). The summed E-state index contributed by atoms with van der Waals surface area (Å²) in [6, 6.07) is 4.47. The molecule has 1 aliphatic rings. The van der Waals surface area contributed by atoms with Gasteiger partial charge in [0.25, 0.3) is 0 Å². The van der Waals surface area contributed by atoms with Crippen molar-refractivity contribution in [3.8, 4) is 0 Å². The van der Waals surface area contributed by atoms with Gasteiger partial charge in [0, 0.05) is 25.7 Å². The van der Waals surface area contributed by atoms with E-state index in [0.29, 0.717) is 6.04 Å². The largest absolute Gasteiger partial charge is 0.357 e. The molecular weight excluding hydrogens is 258 g/mol. The lowest BCUT2D eigenvalue weighted by atomic mass is 10.2. The lowest BCUT2D eigenvalue weighted by Crippen LogP contribution is -2.26. The van der Waals surface area contributed by atoms with Gasteiger partial charge in [0.05, 0.1) is 10.7 Å². The third-order valence-corrected chi connectivity index (χ3v) is 3.86. The van der Waals surface area contributed by atoms with Crippen LogP contribution in [-0.2, 0) is 6.54 Å². The van der Waals surface area contributed by atoms with E-state index in [1.165, 1.54) is 25.7 Å². The van der Waals surface area contributed by atoms with Crippen LogP contribution in [0.2, 0.25) is 5.02 Å². The van der Waals surface area contributed by atoms with E-state index < -0.39 is 0 Å². The van der Waals surface area contributed by atoms with E-state index in [0.717, 1.165) is 36.2 Å². The second kappa shape index (κ2) is 7.11. The van der Waals surface area contributed by atoms with Gasteiger partial charge < -0.3 is 10.2 Å². The van der Waals surface area contributed by atoms with Crippen molar-refractivity contribution in [3.63, 3.8) is 0 Å². The number of anilines is 1. The van der Waals surface area contributed by atoms with Gasteiger partial charge in [0.1, 0.15) is 5.82 Å². The molecule has 1 aromatic rings. The van der Waals surface area contributed by atoms with Gasteiger partial charge in [-0.05, 0) is 25.0 Å². The van der Waals surface area contributed by atoms with Crippen LogP contribution in [0.25, 0.3) is 0 Å². The number of hydrogen-bond donors (Lipinski definition) is 1. The van der Waals surface area contributed by atoms with Crippen molar-refractivity contribution in [3.05, 3.63) is 22.8 Å². The Kier molecular flexibility index (Phi) is 5.46. The summed E-state index contributed by atoms with van der Waals surface area (Å²) in [5.41, 5.74) is 0.956. The van der Waals surface area contributed by atoms with Crippen LogP contribution in [0, 0.1) is 0 Å². The topological polar surface area (TPSA) is 28.2 Å². The predicted molar refractivity (Wildman–Crippen MR) is 81.9 cm³/mol. The number of nitrogens with one attached hydrogen (secondary N) is 1. The first-order valence-corrected chi connectivity index (χ1v) is 7.68. The van der Waals surface area contributed by atoms with Crippen molar-refractivity contribution in [1.82, 2.24) is 10.3 Å². The average Bonchev–Trinajstić information content (AvgIpc) is 2.66. The lowest BCUT2D eigenvalue weighted by molar-refractivity contribution is 0.581. The molecular formula is C15H24ClN3. The summed E-state index contributed by atoms with van der Waals surface area (Å²) in [7, 11) is 0. The fraction of sp³-hybridized carbons (Fsp3) is 0.667. The van der Waals surface area contributed by atoms with E-state index in [2.05, 4.69) is 24.1 Å². The Balaban J connectivity index is 2.10. The summed E-state index contributed by atoms with van der Waals surface area (Å²) in [5, 5.41) is 4.14. The first-order chi connectivity index (χ1) is 9.16. The maximum atomic E-state index is 6.23.